The van der Waals surface area contributed by atoms with Gasteiger partial charge in [0, 0.05) is 52.4 Å². The number of hydrogen-bond acceptors (Lipinski definition) is 4. The van der Waals surface area contributed by atoms with E-state index in [0.717, 1.165) is 11.1 Å². The van der Waals surface area contributed by atoms with Gasteiger partial charge in [-0.05, 0) is 23.1 Å². The summed E-state index contributed by atoms with van der Waals surface area (Å²) >= 11 is 1.69. The zero-order valence-electron chi connectivity index (χ0n) is 16.7. The summed E-state index contributed by atoms with van der Waals surface area (Å²) in [5.74, 6) is 0.484. The maximum atomic E-state index is 12.8. The van der Waals surface area contributed by atoms with E-state index in [1.807, 2.05) is 54.7 Å². The van der Waals surface area contributed by atoms with Crippen molar-refractivity contribution in [3.05, 3.63) is 107 Å². The molecule has 0 aliphatic carbocycles. The van der Waals surface area contributed by atoms with Crippen molar-refractivity contribution in [1.82, 2.24) is 20.3 Å². The standard InChI is InChI=1S/C25H20N4OS/c30-25(18-13-27-24(28-14-18)17-7-2-1-3-8-17)29-16-21(23-11-6-12-31-23)20-15-26-22-10-5-4-9-19(20)22/h1-15,21,26H,16H2,(H,29,30). The fourth-order valence-corrected chi connectivity index (χ4v) is 4.56. The minimum atomic E-state index is -0.180. The maximum absolute atomic E-state index is 12.8. The van der Waals surface area contributed by atoms with Crippen LogP contribution in [-0.2, 0) is 0 Å². The lowest BCUT2D eigenvalue weighted by atomic mass is 9.96. The topological polar surface area (TPSA) is 70.7 Å². The van der Waals surface area contributed by atoms with Crippen molar-refractivity contribution in [3.8, 4) is 11.4 Å². The lowest BCUT2D eigenvalue weighted by molar-refractivity contribution is 0.0952. The number of thiophene rings is 1. The maximum Gasteiger partial charge on any atom is 0.254 e. The van der Waals surface area contributed by atoms with E-state index in [9.17, 15) is 4.79 Å². The van der Waals surface area contributed by atoms with Crippen molar-refractivity contribution in [2.75, 3.05) is 6.54 Å². The van der Waals surface area contributed by atoms with Crippen LogP contribution >= 0.6 is 11.3 Å². The van der Waals surface area contributed by atoms with Crippen molar-refractivity contribution in [3.63, 3.8) is 0 Å². The summed E-state index contributed by atoms with van der Waals surface area (Å²) in [5.41, 5.74) is 3.64. The second kappa shape index (κ2) is 8.53. The van der Waals surface area contributed by atoms with E-state index in [1.54, 1.807) is 23.7 Å². The predicted molar refractivity (Wildman–Crippen MR) is 124 cm³/mol. The molecule has 1 atom stereocenters. The lowest BCUT2D eigenvalue weighted by Crippen LogP contribution is -2.28. The van der Waals surface area contributed by atoms with Gasteiger partial charge in [-0.2, -0.15) is 0 Å². The predicted octanol–water partition coefficient (Wildman–Crippen LogP) is 5.25. The SMILES string of the molecule is O=C(NCC(c1cccs1)c1c[nH]c2ccccc12)c1cnc(-c2ccccc2)nc1. The Morgan fingerprint density at radius 3 is 2.52 bits per heavy atom. The van der Waals surface area contributed by atoms with Crippen LogP contribution in [0.2, 0.25) is 0 Å². The molecule has 3 heterocycles. The number of nitrogens with one attached hydrogen (secondary N) is 2. The van der Waals surface area contributed by atoms with Gasteiger partial charge >= 0.3 is 0 Å². The summed E-state index contributed by atoms with van der Waals surface area (Å²) in [6.07, 6.45) is 5.20. The minimum Gasteiger partial charge on any atom is -0.361 e. The second-order valence-corrected chi connectivity index (χ2v) is 8.21. The molecule has 2 aromatic carbocycles. The summed E-state index contributed by atoms with van der Waals surface area (Å²) in [6.45, 7) is 0.488. The largest absolute Gasteiger partial charge is 0.361 e. The fraction of sp³-hybridized carbons (Fsp3) is 0.0800. The Labute approximate surface area is 183 Å². The average Bonchev–Trinajstić information content (AvgIpc) is 3.51. The normalized spacial score (nSPS) is 12.0. The Hall–Kier alpha value is -3.77. The summed E-state index contributed by atoms with van der Waals surface area (Å²) in [4.78, 5) is 26.1. The number of hydrogen-bond donors (Lipinski definition) is 2. The third-order valence-corrected chi connectivity index (χ3v) is 6.28. The highest BCUT2D eigenvalue weighted by atomic mass is 32.1. The third-order valence-electron chi connectivity index (χ3n) is 5.30. The highest BCUT2D eigenvalue weighted by Gasteiger charge is 2.20. The van der Waals surface area contributed by atoms with E-state index in [0.29, 0.717) is 17.9 Å². The zero-order chi connectivity index (χ0) is 21.0. The van der Waals surface area contributed by atoms with Crippen LogP contribution in [0.1, 0.15) is 26.7 Å². The van der Waals surface area contributed by atoms with Gasteiger partial charge in [-0.25, -0.2) is 9.97 Å². The first-order valence-electron chi connectivity index (χ1n) is 10.0. The molecule has 0 radical (unpaired) electrons. The Morgan fingerprint density at radius 1 is 0.968 bits per heavy atom. The molecule has 0 saturated heterocycles. The molecule has 1 unspecified atom stereocenters. The summed E-state index contributed by atoms with van der Waals surface area (Å²) < 4.78 is 0. The summed E-state index contributed by atoms with van der Waals surface area (Å²) in [5, 5.41) is 6.31. The van der Waals surface area contributed by atoms with Crippen LogP contribution in [-0.4, -0.2) is 27.4 Å². The van der Waals surface area contributed by atoms with Gasteiger partial charge in [-0.3, -0.25) is 4.79 Å². The number of aromatic nitrogens is 3. The van der Waals surface area contributed by atoms with Crippen LogP contribution in [0.4, 0.5) is 0 Å². The highest BCUT2D eigenvalue weighted by Crippen LogP contribution is 2.32. The molecule has 152 valence electrons. The summed E-state index contributed by atoms with van der Waals surface area (Å²) in [7, 11) is 0. The van der Waals surface area contributed by atoms with Gasteiger partial charge in [0.05, 0.1) is 5.56 Å². The van der Waals surface area contributed by atoms with Crippen LogP contribution in [0.15, 0.2) is 90.7 Å². The number of benzene rings is 2. The van der Waals surface area contributed by atoms with Crippen molar-refractivity contribution < 1.29 is 4.79 Å². The lowest BCUT2D eigenvalue weighted by Gasteiger charge is -2.16. The molecule has 1 amide bonds. The van der Waals surface area contributed by atoms with Crippen molar-refractivity contribution >= 4 is 28.1 Å². The number of carbonyl (C=O) groups is 1. The first-order chi connectivity index (χ1) is 15.3. The first-order valence-corrected chi connectivity index (χ1v) is 10.9. The van der Waals surface area contributed by atoms with Gasteiger partial charge in [-0.1, -0.05) is 54.6 Å². The number of H-pyrrole nitrogens is 1. The molecular weight excluding hydrogens is 404 g/mol. The number of para-hydroxylation sites is 1. The number of amides is 1. The molecule has 0 bridgehead atoms. The molecule has 0 aliphatic rings. The molecule has 0 fully saturated rings. The van der Waals surface area contributed by atoms with Crippen LogP contribution in [0.3, 0.4) is 0 Å². The smallest absolute Gasteiger partial charge is 0.254 e. The van der Waals surface area contributed by atoms with E-state index < -0.39 is 0 Å². The van der Waals surface area contributed by atoms with Crippen molar-refractivity contribution in [2.45, 2.75) is 5.92 Å². The van der Waals surface area contributed by atoms with Crippen molar-refractivity contribution in [2.24, 2.45) is 0 Å². The van der Waals surface area contributed by atoms with Crippen LogP contribution in [0, 0.1) is 0 Å². The Bertz CT molecular complexity index is 1290. The molecule has 3 aromatic heterocycles. The molecule has 5 rings (SSSR count). The third kappa shape index (κ3) is 3.98. The monoisotopic (exact) mass is 424 g/mol. The van der Waals surface area contributed by atoms with Gasteiger partial charge in [0.15, 0.2) is 5.82 Å². The quantitative estimate of drug-likeness (QED) is 0.391. The van der Waals surface area contributed by atoms with E-state index >= 15 is 0 Å². The summed E-state index contributed by atoms with van der Waals surface area (Å²) in [6, 6.07) is 22.1. The van der Waals surface area contributed by atoms with Gasteiger partial charge in [0.2, 0.25) is 0 Å². The van der Waals surface area contributed by atoms with Gasteiger partial charge < -0.3 is 10.3 Å². The van der Waals surface area contributed by atoms with Gasteiger partial charge in [0.1, 0.15) is 0 Å². The number of fused-ring (bicyclic) bond motifs is 1. The molecule has 5 nitrogen and oxygen atoms in total. The number of rotatable bonds is 6. The van der Waals surface area contributed by atoms with Crippen molar-refractivity contribution in [1.29, 1.82) is 0 Å². The molecular formula is C25H20N4OS. The molecule has 6 heteroatoms. The number of carbonyl (C=O) groups excluding carboxylic acids is 1. The average molecular weight is 425 g/mol. The van der Waals surface area contributed by atoms with Crippen LogP contribution in [0.25, 0.3) is 22.3 Å². The molecule has 0 spiro atoms. The van der Waals surface area contributed by atoms with Crippen LogP contribution in [0.5, 0.6) is 0 Å². The van der Waals surface area contributed by atoms with E-state index in [4.69, 9.17) is 0 Å². The number of nitrogens with zero attached hydrogens (tertiary/aromatic N) is 2. The second-order valence-electron chi connectivity index (χ2n) is 7.23. The molecule has 0 aliphatic heterocycles. The highest BCUT2D eigenvalue weighted by molar-refractivity contribution is 7.10. The molecule has 5 aromatic rings. The molecule has 0 saturated carbocycles. The van der Waals surface area contributed by atoms with Gasteiger partial charge in [0.25, 0.3) is 5.91 Å². The number of aromatic amines is 1. The zero-order valence-corrected chi connectivity index (χ0v) is 17.5. The van der Waals surface area contributed by atoms with E-state index in [1.165, 1.54) is 15.8 Å². The molecule has 31 heavy (non-hydrogen) atoms. The Morgan fingerprint density at radius 2 is 1.74 bits per heavy atom. The Balaban J connectivity index is 1.35. The Kier molecular flexibility index (Phi) is 5.29. The van der Waals surface area contributed by atoms with E-state index in [-0.39, 0.29) is 11.8 Å². The van der Waals surface area contributed by atoms with Crippen LogP contribution < -0.4 is 5.32 Å². The minimum absolute atomic E-state index is 0.0598. The first kappa shape index (κ1) is 19.2. The fourth-order valence-electron chi connectivity index (χ4n) is 3.71. The van der Waals surface area contributed by atoms with Gasteiger partial charge in [-0.15, -0.1) is 11.3 Å². The van der Waals surface area contributed by atoms with E-state index in [2.05, 4.69) is 43.8 Å². The molecule has 2 N–H and O–H groups in total.